The van der Waals surface area contributed by atoms with Crippen molar-refractivity contribution in [2.75, 3.05) is 6.61 Å². The zero-order valence-electron chi connectivity index (χ0n) is 12.0. The molecular formula is C14H16N2O7. The Kier molecular flexibility index (Phi) is 4.82. The molecule has 0 amide bonds. The minimum Gasteiger partial charge on any atom is -0.480 e. The minimum absolute atomic E-state index is 0.00194. The number of rotatable bonds is 8. The van der Waals surface area contributed by atoms with Crippen molar-refractivity contribution < 1.29 is 34.8 Å². The smallest absolute Gasteiger partial charge is 0.323 e. The van der Waals surface area contributed by atoms with Gasteiger partial charge in [0.05, 0.1) is 29.4 Å². The van der Waals surface area contributed by atoms with E-state index in [9.17, 15) is 19.5 Å². The molecule has 0 aliphatic carbocycles. The number of aliphatic carboxylic acids is 2. The third-order valence-corrected chi connectivity index (χ3v) is 3.45. The molecule has 1 unspecified atom stereocenters. The summed E-state index contributed by atoms with van der Waals surface area (Å²) in [7, 11) is 0. The summed E-state index contributed by atoms with van der Waals surface area (Å²) in [5.41, 5.74) is 1.31. The summed E-state index contributed by atoms with van der Waals surface area (Å²) < 4.78 is 2.64. The highest BCUT2D eigenvalue weighted by molar-refractivity contribution is 5.90. The van der Waals surface area contributed by atoms with Gasteiger partial charge in [-0.3, -0.25) is 14.4 Å². The Morgan fingerprint density at radius 1 is 1.09 bits per heavy atom. The highest BCUT2D eigenvalue weighted by Gasteiger charge is 2.20. The second kappa shape index (κ2) is 6.63. The first kappa shape index (κ1) is 16.7. The first-order valence-corrected chi connectivity index (χ1v) is 6.76. The van der Waals surface area contributed by atoms with Crippen LogP contribution in [0.3, 0.4) is 0 Å². The maximum atomic E-state index is 11.1. The van der Waals surface area contributed by atoms with Crippen LogP contribution in [0.1, 0.15) is 16.2 Å². The van der Waals surface area contributed by atoms with Gasteiger partial charge in [0.2, 0.25) is 0 Å². The molecular weight excluding hydrogens is 308 g/mol. The summed E-state index contributed by atoms with van der Waals surface area (Å²) in [4.78, 5) is 33.1. The van der Waals surface area contributed by atoms with Gasteiger partial charge in [-0.1, -0.05) is 0 Å². The number of carbonyl (C=O) groups is 3. The zero-order chi connectivity index (χ0) is 17.1. The van der Waals surface area contributed by atoms with Gasteiger partial charge in [-0.2, -0.15) is 0 Å². The van der Waals surface area contributed by atoms with Gasteiger partial charge in [-0.05, 0) is 12.1 Å². The summed E-state index contributed by atoms with van der Waals surface area (Å²) in [6.45, 7) is -1.35. The fourth-order valence-electron chi connectivity index (χ4n) is 2.53. The highest BCUT2D eigenvalue weighted by atomic mass is 16.4. The van der Waals surface area contributed by atoms with E-state index in [4.69, 9.17) is 15.3 Å². The molecule has 0 aliphatic heterocycles. The Balaban J connectivity index is 2.61. The maximum Gasteiger partial charge on any atom is 0.323 e. The number of carboxylic acids is 2. The van der Waals surface area contributed by atoms with Crippen molar-refractivity contribution in [3.8, 4) is 0 Å². The normalized spacial score (nSPS) is 12.4. The Labute approximate surface area is 130 Å². The largest absolute Gasteiger partial charge is 0.480 e. The summed E-state index contributed by atoms with van der Waals surface area (Å²) in [6, 6.07) is 2.93. The standard InChI is InChI=1S/C14H16N2O7/c17-6-9-3-12-11(16(9)5-14(22)23)2-8(1-10(19)7-18)15(12)4-13(20)21/h2-3,6,10,18-19H,1,4-5,7H2,(H,20,21)(H,22,23). The van der Waals surface area contributed by atoms with Crippen LogP contribution in [0.25, 0.3) is 11.0 Å². The van der Waals surface area contributed by atoms with Crippen LogP contribution in [-0.4, -0.2) is 60.5 Å². The van der Waals surface area contributed by atoms with Crippen molar-refractivity contribution in [3.05, 3.63) is 23.5 Å². The summed E-state index contributed by atoms with van der Waals surface area (Å²) in [5.74, 6) is -2.27. The molecule has 4 N–H and O–H groups in total. The number of carbonyl (C=O) groups excluding carboxylic acids is 1. The Morgan fingerprint density at radius 3 is 2.17 bits per heavy atom. The SMILES string of the molecule is O=Cc1cc2c(cc(CC(O)CO)n2CC(=O)O)n1CC(=O)O. The Hall–Kier alpha value is -2.65. The van der Waals surface area contributed by atoms with Crippen LogP contribution >= 0.6 is 0 Å². The van der Waals surface area contributed by atoms with Gasteiger partial charge in [0.1, 0.15) is 13.1 Å². The van der Waals surface area contributed by atoms with Crippen molar-refractivity contribution >= 4 is 29.3 Å². The second-order valence-electron chi connectivity index (χ2n) is 5.09. The predicted octanol–water partition coefficient (Wildman–Crippen LogP) is -0.680. The van der Waals surface area contributed by atoms with E-state index < -0.39 is 37.7 Å². The predicted molar refractivity (Wildman–Crippen MR) is 77.4 cm³/mol. The molecule has 0 bridgehead atoms. The quantitative estimate of drug-likeness (QED) is 0.471. The Bertz CT molecular complexity index is 759. The van der Waals surface area contributed by atoms with Crippen molar-refractivity contribution in [2.45, 2.75) is 25.6 Å². The van der Waals surface area contributed by atoms with Crippen LogP contribution in [-0.2, 0) is 29.1 Å². The second-order valence-corrected chi connectivity index (χ2v) is 5.09. The van der Waals surface area contributed by atoms with Gasteiger partial charge in [-0.15, -0.1) is 0 Å². The van der Waals surface area contributed by atoms with Crippen molar-refractivity contribution in [3.63, 3.8) is 0 Å². The molecule has 2 aromatic rings. The number of aliphatic hydroxyl groups is 2. The van der Waals surface area contributed by atoms with Crippen LogP contribution in [0, 0.1) is 0 Å². The highest BCUT2D eigenvalue weighted by Crippen LogP contribution is 2.25. The molecule has 0 saturated carbocycles. The van der Waals surface area contributed by atoms with E-state index in [1.165, 1.54) is 21.3 Å². The number of hydrogen-bond donors (Lipinski definition) is 4. The lowest BCUT2D eigenvalue weighted by molar-refractivity contribution is -0.138. The van der Waals surface area contributed by atoms with Crippen LogP contribution < -0.4 is 0 Å². The van der Waals surface area contributed by atoms with E-state index >= 15 is 0 Å². The van der Waals surface area contributed by atoms with Crippen LogP contribution in [0.4, 0.5) is 0 Å². The molecule has 9 nitrogen and oxygen atoms in total. The summed E-state index contributed by atoms with van der Waals surface area (Å²) in [5, 5.41) is 36.5. The van der Waals surface area contributed by atoms with Gasteiger partial charge < -0.3 is 29.6 Å². The average molecular weight is 324 g/mol. The molecule has 0 saturated heterocycles. The number of aliphatic hydroxyl groups excluding tert-OH is 2. The number of carboxylic acid groups (broad SMARTS) is 2. The molecule has 2 aromatic heterocycles. The fourth-order valence-corrected chi connectivity index (χ4v) is 2.53. The van der Waals surface area contributed by atoms with E-state index in [-0.39, 0.29) is 12.1 Å². The lowest BCUT2D eigenvalue weighted by atomic mass is 10.2. The molecule has 2 rings (SSSR count). The molecule has 0 aromatic carbocycles. The zero-order valence-corrected chi connectivity index (χ0v) is 12.0. The van der Waals surface area contributed by atoms with Crippen LogP contribution in [0.5, 0.6) is 0 Å². The molecule has 0 fully saturated rings. The van der Waals surface area contributed by atoms with E-state index in [1.54, 1.807) is 0 Å². The van der Waals surface area contributed by atoms with E-state index in [0.717, 1.165) is 0 Å². The van der Waals surface area contributed by atoms with Crippen LogP contribution in [0.15, 0.2) is 12.1 Å². The topological polar surface area (TPSA) is 142 Å². The molecule has 0 spiro atoms. The monoisotopic (exact) mass is 324 g/mol. The van der Waals surface area contributed by atoms with Crippen molar-refractivity contribution in [1.82, 2.24) is 9.13 Å². The molecule has 0 radical (unpaired) electrons. The van der Waals surface area contributed by atoms with Gasteiger partial charge in [0.25, 0.3) is 0 Å². The number of aromatic nitrogens is 2. The lowest BCUT2D eigenvalue weighted by Gasteiger charge is -2.10. The average Bonchev–Trinajstić information content (AvgIpc) is 2.96. The molecule has 23 heavy (non-hydrogen) atoms. The number of hydrogen-bond acceptors (Lipinski definition) is 5. The molecule has 0 aliphatic rings. The number of aldehydes is 1. The van der Waals surface area contributed by atoms with Crippen molar-refractivity contribution in [2.24, 2.45) is 0 Å². The minimum atomic E-state index is -1.14. The van der Waals surface area contributed by atoms with Crippen molar-refractivity contribution in [1.29, 1.82) is 0 Å². The lowest BCUT2D eigenvalue weighted by Crippen LogP contribution is -2.19. The maximum absolute atomic E-state index is 11.1. The molecule has 2 heterocycles. The van der Waals surface area contributed by atoms with E-state index in [1.807, 2.05) is 0 Å². The third kappa shape index (κ3) is 3.41. The third-order valence-electron chi connectivity index (χ3n) is 3.45. The van der Waals surface area contributed by atoms with E-state index in [2.05, 4.69) is 0 Å². The molecule has 1 atom stereocenters. The molecule has 124 valence electrons. The fraction of sp³-hybridized carbons (Fsp3) is 0.357. The van der Waals surface area contributed by atoms with E-state index in [0.29, 0.717) is 23.0 Å². The summed E-state index contributed by atoms with van der Waals surface area (Å²) >= 11 is 0. The number of nitrogens with zero attached hydrogens (tertiary/aromatic N) is 2. The van der Waals surface area contributed by atoms with Gasteiger partial charge in [0, 0.05) is 12.1 Å². The first-order chi connectivity index (χ1) is 10.9. The van der Waals surface area contributed by atoms with Gasteiger partial charge in [0.15, 0.2) is 6.29 Å². The summed E-state index contributed by atoms with van der Waals surface area (Å²) in [6.07, 6.45) is -0.571. The first-order valence-electron chi connectivity index (χ1n) is 6.76. The number of fused-ring (bicyclic) bond motifs is 1. The van der Waals surface area contributed by atoms with Gasteiger partial charge >= 0.3 is 11.9 Å². The Morgan fingerprint density at radius 2 is 1.65 bits per heavy atom. The van der Waals surface area contributed by atoms with Crippen LogP contribution in [0.2, 0.25) is 0 Å². The molecule has 9 heteroatoms. The van der Waals surface area contributed by atoms with Gasteiger partial charge in [-0.25, -0.2) is 0 Å².